The maximum Gasteiger partial charge on any atom is 0.336 e. The zero-order chi connectivity index (χ0) is 17.9. The van der Waals surface area contributed by atoms with Crippen LogP contribution < -0.4 is 5.32 Å². The van der Waals surface area contributed by atoms with Gasteiger partial charge in [0.05, 0.1) is 5.56 Å². The lowest BCUT2D eigenvalue weighted by Crippen LogP contribution is -2.14. The minimum absolute atomic E-state index is 0.00845. The molecule has 0 unspecified atom stereocenters. The van der Waals surface area contributed by atoms with Crippen molar-refractivity contribution < 1.29 is 30.0 Å². The minimum Gasteiger partial charge on any atom is -0.504 e. The Hall–Kier alpha value is -3.22. The molecule has 126 valence electrons. The van der Waals surface area contributed by atoms with Crippen LogP contribution in [0, 0.1) is 6.92 Å². The summed E-state index contributed by atoms with van der Waals surface area (Å²) in [7, 11) is 0. The molecular weight excluding hydrogens is 314 g/mol. The van der Waals surface area contributed by atoms with Gasteiger partial charge in [0.15, 0.2) is 11.5 Å². The number of carboxylic acids is 1. The number of phenols is 3. The number of aromatic hydroxyl groups is 3. The molecule has 7 heteroatoms. The van der Waals surface area contributed by atoms with Gasteiger partial charge in [-0.05, 0) is 42.7 Å². The van der Waals surface area contributed by atoms with Gasteiger partial charge in [-0.2, -0.15) is 0 Å². The number of hydrogen-bond donors (Lipinski definition) is 5. The van der Waals surface area contributed by atoms with E-state index < -0.39 is 23.2 Å². The number of amides is 1. The molecule has 24 heavy (non-hydrogen) atoms. The number of rotatable bonds is 5. The van der Waals surface area contributed by atoms with Crippen molar-refractivity contribution in [3.05, 3.63) is 47.0 Å². The van der Waals surface area contributed by atoms with Gasteiger partial charge in [0, 0.05) is 12.1 Å². The molecule has 0 aliphatic carbocycles. The van der Waals surface area contributed by atoms with Crippen LogP contribution in [0.25, 0.3) is 0 Å². The van der Waals surface area contributed by atoms with E-state index in [1.54, 1.807) is 13.0 Å². The second-order valence-corrected chi connectivity index (χ2v) is 5.27. The van der Waals surface area contributed by atoms with Crippen LogP contribution in [0.15, 0.2) is 30.3 Å². The van der Waals surface area contributed by atoms with Crippen LogP contribution in [0.5, 0.6) is 17.2 Å². The summed E-state index contributed by atoms with van der Waals surface area (Å²) in [4.78, 5) is 23.1. The summed E-state index contributed by atoms with van der Waals surface area (Å²) < 4.78 is 0. The average Bonchev–Trinajstić information content (AvgIpc) is 2.53. The fourth-order valence-electron chi connectivity index (χ4n) is 2.28. The highest BCUT2D eigenvalue weighted by Gasteiger charge is 2.14. The van der Waals surface area contributed by atoms with Gasteiger partial charge in [0.25, 0.3) is 0 Å². The number of benzene rings is 2. The highest BCUT2D eigenvalue weighted by molar-refractivity contribution is 5.96. The van der Waals surface area contributed by atoms with Crippen molar-refractivity contribution in [2.45, 2.75) is 19.8 Å². The van der Waals surface area contributed by atoms with Gasteiger partial charge >= 0.3 is 5.97 Å². The standard InChI is InChI=1S/C17H17NO6/c1-9-11(17(23)24)3-2-4-12(9)18-14(20)8-6-10-5-7-13(19)16(22)15(10)21/h2-5,7,19,21-22H,6,8H2,1H3,(H,18,20)(H,23,24). The van der Waals surface area contributed by atoms with Crippen LogP contribution in [0.3, 0.4) is 0 Å². The van der Waals surface area contributed by atoms with Crippen molar-refractivity contribution in [2.75, 3.05) is 5.32 Å². The maximum atomic E-state index is 12.0. The van der Waals surface area contributed by atoms with Crippen molar-refractivity contribution in [1.82, 2.24) is 0 Å². The number of carbonyl (C=O) groups excluding carboxylic acids is 1. The van der Waals surface area contributed by atoms with Gasteiger partial charge in [0.1, 0.15) is 0 Å². The summed E-state index contributed by atoms with van der Waals surface area (Å²) in [6.45, 7) is 1.60. The van der Waals surface area contributed by atoms with Crippen molar-refractivity contribution in [1.29, 1.82) is 0 Å². The Labute approximate surface area is 137 Å². The van der Waals surface area contributed by atoms with Crippen LogP contribution in [0.4, 0.5) is 5.69 Å². The first kappa shape index (κ1) is 17.1. The molecule has 2 aromatic rings. The summed E-state index contributed by atoms with van der Waals surface area (Å²) in [5, 5.41) is 40.1. The third-order valence-corrected chi connectivity index (χ3v) is 3.67. The van der Waals surface area contributed by atoms with Crippen molar-refractivity contribution >= 4 is 17.6 Å². The second kappa shape index (κ2) is 6.91. The highest BCUT2D eigenvalue weighted by atomic mass is 16.4. The molecular formula is C17H17NO6. The summed E-state index contributed by atoms with van der Waals surface area (Å²) in [6, 6.07) is 7.22. The molecule has 0 heterocycles. The van der Waals surface area contributed by atoms with Crippen LogP contribution in [-0.2, 0) is 11.2 Å². The molecule has 0 fully saturated rings. The Morgan fingerprint density at radius 1 is 1.04 bits per heavy atom. The minimum atomic E-state index is -1.08. The Kier molecular flexibility index (Phi) is 4.93. The number of carbonyl (C=O) groups is 2. The summed E-state index contributed by atoms with van der Waals surface area (Å²) >= 11 is 0. The maximum absolute atomic E-state index is 12.0. The van der Waals surface area contributed by atoms with Crippen molar-refractivity contribution in [3.63, 3.8) is 0 Å². The molecule has 0 atom stereocenters. The molecule has 0 aliphatic rings. The molecule has 1 amide bonds. The monoisotopic (exact) mass is 331 g/mol. The third kappa shape index (κ3) is 3.57. The number of aryl methyl sites for hydroxylation is 1. The Morgan fingerprint density at radius 3 is 2.42 bits per heavy atom. The van der Waals surface area contributed by atoms with Gasteiger partial charge in [-0.15, -0.1) is 0 Å². The quantitative estimate of drug-likeness (QED) is 0.535. The van der Waals surface area contributed by atoms with E-state index in [1.807, 2.05) is 0 Å². The van der Waals surface area contributed by atoms with E-state index in [4.69, 9.17) is 5.11 Å². The van der Waals surface area contributed by atoms with Gasteiger partial charge in [-0.1, -0.05) is 12.1 Å². The molecule has 0 bridgehead atoms. The number of phenolic OH excluding ortho intramolecular Hbond substituents is 3. The molecule has 5 N–H and O–H groups in total. The van der Waals surface area contributed by atoms with E-state index >= 15 is 0 Å². The smallest absolute Gasteiger partial charge is 0.336 e. The zero-order valence-corrected chi connectivity index (χ0v) is 12.9. The lowest BCUT2D eigenvalue weighted by Gasteiger charge is -2.11. The van der Waals surface area contributed by atoms with Crippen molar-refractivity contribution in [2.24, 2.45) is 0 Å². The largest absolute Gasteiger partial charge is 0.504 e. The molecule has 2 rings (SSSR count). The van der Waals surface area contributed by atoms with E-state index in [1.165, 1.54) is 24.3 Å². The normalized spacial score (nSPS) is 10.4. The molecule has 0 aromatic heterocycles. The zero-order valence-electron chi connectivity index (χ0n) is 12.9. The van der Waals surface area contributed by atoms with Gasteiger partial charge in [0.2, 0.25) is 11.7 Å². The molecule has 7 nitrogen and oxygen atoms in total. The van der Waals surface area contributed by atoms with E-state index in [9.17, 15) is 24.9 Å². The second-order valence-electron chi connectivity index (χ2n) is 5.27. The summed E-state index contributed by atoms with van der Waals surface area (Å²) in [5.74, 6) is -2.98. The van der Waals surface area contributed by atoms with E-state index in [-0.39, 0.29) is 24.3 Å². The van der Waals surface area contributed by atoms with Crippen LogP contribution in [-0.4, -0.2) is 32.3 Å². The third-order valence-electron chi connectivity index (χ3n) is 3.67. The lowest BCUT2D eigenvalue weighted by molar-refractivity contribution is -0.116. The lowest BCUT2D eigenvalue weighted by atomic mass is 10.1. The van der Waals surface area contributed by atoms with Gasteiger partial charge < -0.3 is 25.7 Å². The number of hydrogen-bond acceptors (Lipinski definition) is 5. The number of carboxylic acid groups (broad SMARTS) is 1. The predicted octanol–water partition coefficient (Wildman–Crippen LogP) is 2.38. The van der Waals surface area contributed by atoms with Crippen molar-refractivity contribution in [3.8, 4) is 17.2 Å². The SMILES string of the molecule is Cc1c(NC(=O)CCc2ccc(O)c(O)c2O)cccc1C(=O)O. The first-order chi connectivity index (χ1) is 11.3. The molecule has 0 radical (unpaired) electrons. The average molecular weight is 331 g/mol. The van der Waals surface area contributed by atoms with Crippen LogP contribution in [0.2, 0.25) is 0 Å². The summed E-state index contributed by atoms with van der Waals surface area (Å²) in [6.07, 6.45) is 0.150. The highest BCUT2D eigenvalue weighted by Crippen LogP contribution is 2.37. The number of aromatic carboxylic acids is 1. The van der Waals surface area contributed by atoms with E-state index in [2.05, 4.69) is 5.32 Å². The molecule has 0 saturated heterocycles. The summed E-state index contributed by atoms with van der Waals surface area (Å²) in [5.41, 5.74) is 1.27. The molecule has 0 aliphatic heterocycles. The van der Waals surface area contributed by atoms with Crippen LogP contribution in [0.1, 0.15) is 27.9 Å². The van der Waals surface area contributed by atoms with Gasteiger partial charge in [-0.3, -0.25) is 4.79 Å². The van der Waals surface area contributed by atoms with E-state index in [0.29, 0.717) is 16.8 Å². The Balaban J connectivity index is 2.06. The fourth-order valence-corrected chi connectivity index (χ4v) is 2.28. The van der Waals surface area contributed by atoms with E-state index in [0.717, 1.165) is 0 Å². The molecule has 0 spiro atoms. The predicted molar refractivity (Wildman–Crippen MR) is 86.5 cm³/mol. The topological polar surface area (TPSA) is 127 Å². The molecule has 2 aromatic carbocycles. The fraction of sp³-hybridized carbons (Fsp3) is 0.176. The first-order valence-electron chi connectivity index (χ1n) is 7.16. The first-order valence-corrected chi connectivity index (χ1v) is 7.16. The van der Waals surface area contributed by atoms with Crippen LogP contribution >= 0.6 is 0 Å². The number of anilines is 1. The van der Waals surface area contributed by atoms with Gasteiger partial charge in [-0.25, -0.2) is 4.79 Å². The Bertz CT molecular complexity index is 800. The Morgan fingerprint density at radius 2 is 1.75 bits per heavy atom. The number of nitrogens with one attached hydrogen (secondary N) is 1. The molecule has 0 saturated carbocycles.